The lowest BCUT2D eigenvalue weighted by Crippen LogP contribution is -2.33. The zero-order valence-electron chi connectivity index (χ0n) is 15.4. The molecule has 0 radical (unpaired) electrons. The van der Waals surface area contributed by atoms with Gasteiger partial charge >= 0.3 is 0 Å². The Morgan fingerprint density at radius 3 is 2.21 bits per heavy atom. The van der Waals surface area contributed by atoms with Crippen molar-refractivity contribution in [2.75, 3.05) is 10.2 Å². The molecule has 0 atom stereocenters. The predicted molar refractivity (Wildman–Crippen MR) is 107 cm³/mol. The molecule has 1 aliphatic heterocycles. The van der Waals surface area contributed by atoms with Crippen molar-refractivity contribution in [3.8, 4) is 0 Å². The van der Waals surface area contributed by atoms with Crippen molar-refractivity contribution < 1.29 is 18.4 Å². The lowest BCUT2D eigenvalue weighted by Gasteiger charge is -2.16. The van der Waals surface area contributed by atoms with Crippen LogP contribution in [-0.2, 0) is 9.59 Å². The molecule has 2 amide bonds. The Hall–Kier alpha value is -3.80. The molecule has 0 fully saturated rings. The van der Waals surface area contributed by atoms with E-state index < -0.39 is 29.1 Å². The summed E-state index contributed by atoms with van der Waals surface area (Å²) in [5.74, 6) is -3.08. The average Bonchev–Trinajstić information content (AvgIpc) is 2.96. The molecule has 0 aromatic heterocycles. The smallest absolute Gasteiger partial charge is 0.282 e. The maximum atomic E-state index is 14.3. The highest BCUT2D eigenvalue weighted by atomic mass is 19.1. The number of halogens is 2. The second-order valence-corrected chi connectivity index (χ2v) is 6.65. The molecule has 1 heterocycles. The molecule has 0 unspecified atom stereocenters. The number of hydrogen-bond acceptors (Lipinski definition) is 3. The van der Waals surface area contributed by atoms with Crippen LogP contribution in [0.15, 0.2) is 78.5 Å². The van der Waals surface area contributed by atoms with Gasteiger partial charge in [-0.3, -0.25) is 9.59 Å². The predicted octanol–water partition coefficient (Wildman–Crippen LogP) is 4.67. The Morgan fingerprint density at radius 1 is 0.828 bits per heavy atom. The maximum absolute atomic E-state index is 14.3. The van der Waals surface area contributed by atoms with Crippen molar-refractivity contribution in [2.45, 2.75) is 6.92 Å². The minimum Gasteiger partial charge on any atom is -0.350 e. The van der Waals surface area contributed by atoms with Crippen LogP contribution < -0.4 is 10.2 Å². The van der Waals surface area contributed by atoms with Crippen LogP contribution in [0, 0.1) is 18.6 Å². The van der Waals surface area contributed by atoms with Crippen LogP contribution in [0.3, 0.4) is 0 Å². The molecule has 29 heavy (non-hydrogen) atoms. The molecule has 144 valence electrons. The number of nitrogens with one attached hydrogen (secondary N) is 1. The Morgan fingerprint density at radius 2 is 1.52 bits per heavy atom. The van der Waals surface area contributed by atoms with E-state index in [1.165, 1.54) is 0 Å². The summed E-state index contributed by atoms with van der Waals surface area (Å²) in [5, 5.41) is 2.98. The number of carbonyl (C=O) groups excluding carboxylic acids is 2. The van der Waals surface area contributed by atoms with Crippen LogP contribution in [0.1, 0.15) is 11.1 Å². The largest absolute Gasteiger partial charge is 0.350 e. The van der Waals surface area contributed by atoms with Crippen molar-refractivity contribution in [2.24, 2.45) is 0 Å². The molecule has 1 N–H and O–H groups in total. The first-order valence-corrected chi connectivity index (χ1v) is 8.93. The van der Waals surface area contributed by atoms with Gasteiger partial charge in [-0.25, -0.2) is 13.7 Å². The van der Waals surface area contributed by atoms with E-state index in [1.54, 1.807) is 42.5 Å². The summed E-state index contributed by atoms with van der Waals surface area (Å²) in [6, 6.07) is 18.5. The van der Waals surface area contributed by atoms with Crippen LogP contribution in [0.25, 0.3) is 5.57 Å². The third-order valence-corrected chi connectivity index (χ3v) is 4.62. The van der Waals surface area contributed by atoms with Crippen molar-refractivity contribution in [1.82, 2.24) is 0 Å². The van der Waals surface area contributed by atoms with Gasteiger partial charge in [-0.2, -0.15) is 0 Å². The standard InChI is InChI=1S/C23H16F2N2O2/c1-14-7-10-17(11-8-14)26-21-20(15-5-3-2-4-6-15)22(28)27(23(21)29)19-13-16(24)9-12-18(19)25/h2-13,26H,1H3. The van der Waals surface area contributed by atoms with Crippen LogP contribution in [0.4, 0.5) is 20.2 Å². The van der Waals surface area contributed by atoms with E-state index in [9.17, 15) is 18.4 Å². The summed E-state index contributed by atoms with van der Waals surface area (Å²) in [6.07, 6.45) is 0. The maximum Gasteiger partial charge on any atom is 0.282 e. The second kappa shape index (κ2) is 7.31. The van der Waals surface area contributed by atoms with Gasteiger partial charge in [0, 0.05) is 11.8 Å². The number of imide groups is 1. The topological polar surface area (TPSA) is 49.4 Å². The molecule has 4 rings (SSSR count). The molecular formula is C23H16F2N2O2. The van der Waals surface area contributed by atoms with Crippen molar-refractivity contribution in [3.05, 3.63) is 101 Å². The Bertz CT molecular complexity index is 1140. The van der Waals surface area contributed by atoms with E-state index in [-0.39, 0.29) is 11.3 Å². The zero-order chi connectivity index (χ0) is 20.5. The fourth-order valence-electron chi connectivity index (χ4n) is 3.18. The first-order chi connectivity index (χ1) is 14.0. The van der Waals surface area contributed by atoms with Gasteiger partial charge in [0.1, 0.15) is 17.3 Å². The average molecular weight is 390 g/mol. The first-order valence-electron chi connectivity index (χ1n) is 8.93. The summed E-state index contributed by atoms with van der Waals surface area (Å²) < 4.78 is 28.1. The second-order valence-electron chi connectivity index (χ2n) is 6.65. The van der Waals surface area contributed by atoms with Crippen LogP contribution >= 0.6 is 0 Å². The molecule has 3 aromatic rings. The molecule has 0 bridgehead atoms. The Labute approximate surface area is 166 Å². The summed E-state index contributed by atoms with van der Waals surface area (Å²) >= 11 is 0. The van der Waals surface area contributed by atoms with E-state index in [4.69, 9.17) is 0 Å². The van der Waals surface area contributed by atoms with Gasteiger partial charge in [-0.15, -0.1) is 0 Å². The van der Waals surface area contributed by atoms with Gasteiger partial charge in [-0.05, 0) is 36.8 Å². The van der Waals surface area contributed by atoms with Crippen molar-refractivity contribution in [3.63, 3.8) is 0 Å². The zero-order valence-corrected chi connectivity index (χ0v) is 15.4. The molecule has 0 aliphatic carbocycles. The first kappa shape index (κ1) is 18.6. The number of anilines is 2. The number of rotatable bonds is 4. The lowest BCUT2D eigenvalue weighted by atomic mass is 10.0. The van der Waals surface area contributed by atoms with Crippen LogP contribution in [-0.4, -0.2) is 11.8 Å². The van der Waals surface area contributed by atoms with E-state index in [2.05, 4.69) is 5.32 Å². The fourth-order valence-corrected chi connectivity index (χ4v) is 3.18. The molecule has 0 spiro atoms. The van der Waals surface area contributed by atoms with Gasteiger partial charge < -0.3 is 5.32 Å². The summed E-state index contributed by atoms with van der Waals surface area (Å²) in [5.41, 5.74) is 1.81. The lowest BCUT2D eigenvalue weighted by molar-refractivity contribution is -0.120. The molecule has 3 aromatic carbocycles. The molecule has 1 aliphatic rings. The van der Waals surface area contributed by atoms with E-state index in [1.807, 2.05) is 19.1 Å². The molecule has 0 saturated heterocycles. The third kappa shape index (κ3) is 3.40. The van der Waals surface area contributed by atoms with Gasteiger partial charge in [0.2, 0.25) is 0 Å². The molecular weight excluding hydrogens is 374 g/mol. The SMILES string of the molecule is Cc1ccc(NC2=C(c3ccccc3)C(=O)N(c3cc(F)ccc3F)C2=O)cc1. The van der Waals surface area contributed by atoms with E-state index >= 15 is 0 Å². The summed E-state index contributed by atoms with van der Waals surface area (Å²) in [4.78, 5) is 26.9. The Kier molecular flexibility index (Phi) is 4.68. The highest BCUT2D eigenvalue weighted by Gasteiger charge is 2.41. The monoisotopic (exact) mass is 390 g/mol. The van der Waals surface area contributed by atoms with Gasteiger partial charge in [0.05, 0.1) is 11.3 Å². The van der Waals surface area contributed by atoms with E-state index in [0.717, 1.165) is 23.8 Å². The third-order valence-electron chi connectivity index (χ3n) is 4.62. The van der Waals surface area contributed by atoms with Gasteiger partial charge in [0.15, 0.2) is 0 Å². The highest BCUT2D eigenvalue weighted by Crippen LogP contribution is 2.35. The number of amides is 2. The molecule has 4 nitrogen and oxygen atoms in total. The summed E-state index contributed by atoms with van der Waals surface area (Å²) in [7, 11) is 0. The fraction of sp³-hybridized carbons (Fsp3) is 0.0435. The number of hydrogen-bond donors (Lipinski definition) is 1. The van der Waals surface area contributed by atoms with E-state index in [0.29, 0.717) is 16.2 Å². The minimum absolute atomic E-state index is 0.00807. The van der Waals surface area contributed by atoms with Crippen molar-refractivity contribution >= 4 is 28.8 Å². The highest BCUT2D eigenvalue weighted by molar-refractivity contribution is 6.46. The van der Waals surface area contributed by atoms with Gasteiger partial charge in [-0.1, -0.05) is 48.0 Å². The number of nitrogens with zero attached hydrogens (tertiary/aromatic N) is 1. The number of carbonyl (C=O) groups is 2. The summed E-state index contributed by atoms with van der Waals surface area (Å²) in [6.45, 7) is 1.93. The minimum atomic E-state index is -0.864. The number of benzene rings is 3. The van der Waals surface area contributed by atoms with Crippen LogP contribution in [0.5, 0.6) is 0 Å². The Balaban J connectivity index is 1.84. The quantitative estimate of drug-likeness (QED) is 0.659. The normalized spacial score (nSPS) is 14.0. The van der Waals surface area contributed by atoms with Crippen LogP contribution in [0.2, 0.25) is 0 Å². The number of aryl methyl sites for hydroxylation is 1. The molecule has 6 heteroatoms. The van der Waals surface area contributed by atoms with Crippen molar-refractivity contribution in [1.29, 1.82) is 0 Å². The molecule has 0 saturated carbocycles. The van der Waals surface area contributed by atoms with Gasteiger partial charge in [0.25, 0.3) is 11.8 Å².